The number of carbonyl (C=O) groups excluding carboxylic acids is 1. The Morgan fingerprint density at radius 3 is 2.15 bits per heavy atom. The fraction of sp³-hybridized carbons (Fsp3) is 0.667. The van der Waals surface area contributed by atoms with E-state index in [9.17, 15) is 9.90 Å². The number of allylic oxidation sites excluding steroid dienone is 1. The summed E-state index contributed by atoms with van der Waals surface area (Å²) in [6.07, 6.45) is 0.812. The maximum absolute atomic E-state index is 11.1. The zero-order valence-corrected chi connectivity index (χ0v) is 9.55. The van der Waals surface area contributed by atoms with Crippen molar-refractivity contribution in [3.63, 3.8) is 0 Å². The van der Waals surface area contributed by atoms with Crippen LogP contribution in [-0.2, 0) is 26.6 Å². The minimum absolute atomic E-state index is 0. The number of ether oxygens (including phenoxy) is 1. The Hall–Kier alpha value is -0.311. The van der Waals surface area contributed by atoms with Gasteiger partial charge in [0.15, 0.2) is 5.78 Å². The average Bonchev–Trinajstić information content (AvgIpc) is 2.02. The molecule has 0 heterocycles. The van der Waals surface area contributed by atoms with E-state index in [1.54, 1.807) is 20.8 Å². The van der Waals surface area contributed by atoms with Crippen LogP contribution in [0.1, 0.15) is 20.8 Å². The fourth-order valence-corrected chi connectivity index (χ4v) is 0.551. The summed E-state index contributed by atoms with van der Waals surface area (Å²) < 4.78 is 4.82. The largest absolute Gasteiger partial charge is 0.509 e. The molecule has 0 amide bonds. The second-order valence-electron chi connectivity index (χ2n) is 3.00. The summed E-state index contributed by atoms with van der Waals surface area (Å²) in [5, 5.41) is 9.25. The van der Waals surface area contributed by atoms with E-state index in [0.717, 1.165) is 0 Å². The maximum atomic E-state index is 11.1. The van der Waals surface area contributed by atoms with Crippen molar-refractivity contribution in [1.29, 1.82) is 0 Å². The molecule has 0 saturated carbocycles. The van der Waals surface area contributed by atoms with E-state index in [1.165, 1.54) is 13.2 Å². The Kier molecular flexibility index (Phi) is 8.32. The topological polar surface area (TPSA) is 46.5 Å². The zero-order chi connectivity index (χ0) is 9.72. The van der Waals surface area contributed by atoms with Crippen LogP contribution in [0.25, 0.3) is 0 Å². The Balaban J connectivity index is 0. The zero-order valence-electron chi connectivity index (χ0n) is 8.37. The standard InChI is InChI=1S/C9H16O3.Mn/c1-6(2)8(10)5-9(11)7(3)12-4;/h5-7,11H,1-4H3;/b9-5-;. The third kappa shape index (κ3) is 5.86. The molecule has 1 atom stereocenters. The van der Waals surface area contributed by atoms with Crippen LogP contribution >= 0.6 is 0 Å². The van der Waals surface area contributed by atoms with Crippen LogP contribution in [-0.4, -0.2) is 24.1 Å². The molecule has 0 aromatic rings. The van der Waals surface area contributed by atoms with E-state index >= 15 is 0 Å². The number of hydrogen-bond donors (Lipinski definition) is 1. The number of rotatable bonds is 4. The molecule has 0 fully saturated rings. The molecule has 0 spiro atoms. The molecular weight excluding hydrogens is 211 g/mol. The van der Waals surface area contributed by atoms with Crippen molar-refractivity contribution in [2.24, 2.45) is 5.92 Å². The van der Waals surface area contributed by atoms with E-state index in [-0.39, 0.29) is 34.5 Å². The number of aliphatic hydroxyl groups is 1. The number of ketones is 1. The predicted octanol–water partition coefficient (Wildman–Crippen LogP) is 1.69. The smallest absolute Gasteiger partial charge is 0.161 e. The molecule has 3 nitrogen and oxygen atoms in total. The molecule has 0 aromatic heterocycles. The van der Waals surface area contributed by atoms with E-state index in [1.807, 2.05) is 0 Å². The Morgan fingerprint density at radius 2 is 1.85 bits per heavy atom. The molecule has 0 aromatic carbocycles. The van der Waals surface area contributed by atoms with Gasteiger partial charge in [0.2, 0.25) is 0 Å². The molecule has 0 aliphatic heterocycles. The first-order valence-electron chi connectivity index (χ1n) is 3.96. The normalized spacial score (nSPS) is 13.8. The molecule has 0 aliphatic carbocycles. The predicted molar refractivity (Wildman–Crippen MR) is 47.0 cm³/mol. The van der Waals surface area contributed by atoms with E-state index in [2.05, 4.69) is 0 Å². The van der Waals surface area contributed by atoms with Gasteiger partial charge in [0.1, 0.15) is 11.9 Å². The Morgan fingerprint density at radius 1 is 1.38 bits per heavy atom. The molecule has 0 rings (SSSR count). The van der Waals surface area contributed by atoms with Gasteiger partial charge < -0.3 is 9.84 Å². The van der Waals surface area contributed by atoms with Gasteiger partial charge in [-0.05, 0) is 6.92 Å². The summed E-state index contributed by atoms with van der Waals surface area (Å²) in [6, 6.07) is 0. The SMILES string of the molecule is COC(C)/C(O)=C/C(=O)C(C)C.[Mn]. The molecule has 1 unspecified atom stereocenters. The van der Waals surface area contributed by atoms with E-state index in [0.29, 0.717) is 0 Å². The number of aliphatic hydroxyl groups excluding tert-OH is 1. The Labute approximate surface area is 89.6 Å². The summed E-state index contributed by atoms with van der Waals surface area (Å²) >= 11 is 0. The summed E-state index contributed by atoms with van der Waals surface area (Å²) in [7, 11) is 1.48. The molecule has 0 saturated heterocycles. The first kappa shape index (κ1) is 15.2. The molecule has 13 heavy (non-hydrogen) atoms. The van der Waals surface area contributed by atoms with Gasteiger partial charge >= 0.3 is 0 Å². The summed E-state index contributed by atoms with van der Waals surface area (Å²) in [5.41, 5.74) is 0. The van der Waals surface area contributed by atoms with Gasteiger partial charge in [-0.2, -0.15) is 0 Å². The number of carbonyl (C=O) groups is 1. The second-order valence-corrected chi connectivity index (χ2v) is 3.00. The van der Waals surface area contributed by atoms with Crippen molar-refractivity contribution in [1.82, 2.24) is 0 Å². The van der Waals surface area contributed by atoms with Crippen molar-refractivity contribution in [3.05, 3.63) is 11.8 Å². The molecular formula is C9H16MnO3. The molecule has 0 bridgehead atoms. The van der Waals surface area contributed by atoms with E-state index in [4.69, 9.17) is 4.74 Å². The van der Waals surface area contributed by atoms with Gasteiger partial charge in [0, 0.05) is 36.2 Å². The first-order valence-corrected chi connectivity index (χ1v) is 3.96. The second kappa shape index (κ2) is 7.13. The minimum Gasteiger partial charge on any atom is -0.509 e. The van der Waals surface area contributed by atoms with Crippen LogP contribution < -0.4 is 0 Å². The van der Waals surface area contributed by atoms with Crippen molar-refractivity contribution >= 4 is 5.78 Å². The summed E-state index contributed by atoms with van der Waals surface area (Å²) in [5.74, 6) is -0.191. The fourth-order valence-electron chi connectivity index (χ4n) is 0.551. The first-order chi connectivity index (χ1) is 5.49. The van der Waals surface area contributed by atoms with Crippen LogP contribution in [0.4, 0.5) is 0 Å². The molecule has 4 heteroatoms. The quantitative estimate of drug-likeness (QED) is 0.451. The van der Waals surface area contributed by atoms with Gasteiger partial charge in [-0.3, -0.25) is 4.79 Å². The van der Waals surface area contributed by atoms with Gasteiger partial charge in [0.05, 0.1) is 0 Å². The van der Waals surface area contributed by atoms with Crippen molar-refractivity contribution in [2.45, 2.75) is 26.9 Å². The van der Waals surface area contributed by atoms with Crippen LogP contribution in [0.5, 0.6) is 0 Å². The number of methoxy groups -OCH3 is 1. The van der Waals surface area contributed by atoms with Gasteiger partial charge in [0.25, 0.3) is 0 Å². The third-order valence-electron chi connectivity index (χ3n) is 1.63. The van der Waals surface area contributed by atoms with Crippen molar-refractivity contribution in [2.75, 3.05) is 7.11 Å². The average molecular weight is 227 g/mol. The van der Waals surface area contributed by atoms with Gasteiger partial charge in [-0.15, -0.1) is 0 Å². The molecule has 77 valence electrons. The monoisotopic (exact) mass is 227 g/mol. The number of hydrogen-bond acceptors (Lipinski definition) is 3. The molecule has 0 aliphatic rings. The van der Waals surface area contributed by atoms with Gasteiger partial charge in [-0.1, -0.05) is 13.8 Å². The van der Waals surface area contributed by atoms with Crippen molar-refractivity contribution in [3.8, 4) is 0 Å². The van der Waals surface area contributed by atoms with Crippen LogP contribution in [0.2, 0.25) is 0 Å². The van der Waals surface area contributed by atoms with Crippen LogP contribution in [0.3, 0.4) is 0 Å². The van der Waals surface area contributed by atoms with Crippen LogP contribution in [0, 0.1) is 5.92 Å². The van der Waals surface area contributed by atoms with E-state index < -0.39 is 6.10 Å². The minimum atomic E-state index is -0.410. The van der Waals surface area contributed by atoms with Crippen molar-refractivity contribution < 1.29 is 31.7 Å². The third-order valence-corrected chi connectivity index (χ3v) is 1.63. The maximum Gasteiger partial charge on any atom is 0.161 e. The molecule has 1 N–H and O–H groups in total. The summed E-state index contributed by atoms with van der Waals surface area (Å²) in [6.45, 7) is 5.24. The van der Waals surface area contributed by atoms with Gasteiger partial charge in [-0.25, -0.2) is 0 Å². The summed E-state index contributed by atoms with van der Waals surface area (Å²) in [4.78, 5) is 11.1. The molecule has 1 radical (unpaired) electrons. The Bertz CT molecular complexity index is 187. The van der Waals surface area contributed by atoms with Crippen LogP contribution in [0.15, 0.2) is 11.8 Å².